The number of benzene rings is 1. The molecule has 2 rings (SSSR count). The average molecular weight is 299 g/mol. The average Bonchev–Trinajstić information content (AvgIpc) is 2.86. The van der Waals surface area contributed by atoms with Crippen molar-refractivity contribution in [3.63, 3.8) is 0 Å². The molecule has 0 saturated heterocycles. The second kappa shape index (κ2) is 5.77. The van der Waals surface area contributed by atoms with E-state index in [0.717, 1.165) is 12.1 Å². The van der Waals surface area contributed by atoms with Gasteiger partial charge in [0, 0.05) is 18.2 Å². The highest BCUT2D eigenvalue weighted by Crippen LogP contribution is 2.34. The van der Waals surface area contributed by atoms with Gasteiger partial charge in [0.25, 0.3) is 0 Å². The predicted molar refractivity (Wildman–Crippen MR) is 72.0 cm³/mol. The summed E-state index contributed by atoms with van der Waals surface area (Å²) in [5.74, 6) is 0.756. The molecule has 0 saturated carbocycles. The van der Waals surface area contributed by atoms with Crippen LogP contribution in [0.4, 0.5) is 13.2 Å². The van der Waals surface area contributed by atoms with Crippen molar-refractivity contribution in [1.82, 2.24) is 9.78 Å². The van der Waals surface area contributed by atoms with E-state index in [1.165, 1.54) is 12.3 Å². The fraction of sp³-hybridized carbons (Fsp3) is 0.357. The van der Waals surface area contributed by atoms with Crippen LogP contribution in [0.2, 0.25) is 0 Å². The van der Waals surface area contributed by atoms with E-state index in [2.05, 4.69) is 5.10 Å². The Bertz CT molecular complexity index is 620. The molecule has 1 aromatic carbocycles. The van der Waals surface area contributed by atoms with E-state index in [9.17, 15) is 13.2 Å². The molecule has 0 aliphatic rings. The summed E-state index contributed by atoms with van der Waals surface area (Å²) in [5.41, 5.74) is 5.05. The fourth-order valence-electron chi connectivity index (χ4n) is 1.80. The molecular weight excluding hydrogens is 283 g/mol. The summed E-state index contributed by atoms with van der Waals surface area (Å²) in [6, 6.07) is 3.42. The van der Waals surface area contributed by atoms with Gasteiger partial charge >= 0.3 is 6.18 Å². The largest absolute Gasteiger partial charge is 0.454 e. The van der Waals surface area contributed by atoms with Gasteiger partial charge < -0.3 is 10.5 Å². The number of nitrogens with two attached hydrogens (primary N) is 1. The van der Waals surface area contributed by atoms with E-state index in [1.54, 1.807) is 10.9 Å². The van der Waals surface area contributed by atoms with Crippen molar-refractivity contribution in [3.8, 4) is 11.5 Å². The molecule has 4 nitrogen and oxygen atoms in total. The molecule has 0 atom stereocenters. The predicted octanol–water partition coefficient (Wildman–Crippen LogP) is 3.73. The molecule has 21 heavy (non-hydrogen) atoms. The van der Waals surface area contributed by atoms with E-state index < -0.39 is 11.7 Å². The second-order valence-corrected chi connectivity index (χ2v) is 4.88. The maximum Gasteiger partial charge on any atom is 0.416 e. The molecule has 0 amide bonds. The van der Waals surface area contributed by atoms with Crippen molar-refractivity contribution in [1.29, 1.82) is 0 Å². The lowest BCUT2D eigenvalue weighted by Gasteiger charge is -2.12. The number of halogens is 3. The first kappa shape index (κ1) is 15.4. The van der Waals surface area contributed by atoms with Crippen LogP contribution in [0.3, 0.4) is 0 Å². The molecule has 2 aromatic rings. The lowest BCUT2D eigenvalue weighted by Crippen LogP contribution is -2.08. The fourth-order valence-corrected chi connectivity index (χ4v) is 1.80. The van der Waals surface area contributed by atoms with E-state index in [-0.39, 0.29) is 12.6 Å². The molecular formula is C14H16F3N3O. The maximum atomic E-state index is 12.7. The highest BCUT2D eigenvalue weighted by Gasteiger charge is 2.31. The Morgan fingerprint density at radius 2 is 2.05 bits per heavy atom. The Hall–Kier alpha value is -2.02. The molecule has 0 fully saturated rings. The van der Waals surface area contributed by atoms with Crippen LogP contribution in [0.15, 0.2) is 30.6 Å². The molecule has 0 aliphatic heterocycles. The third-order valence-corrected chi connectivity index (χ3v) is 2.94. The molecule has 1 heterocycles. The van der Waals surface area contributed by atoms with Gasteiger partial charge in [0.2, 0.25) is 0 Å². The molecule has 7 heteroatoms. The number of ether oxygens (including phenoxy) is 1. The molecule has 0 unspecified atom stereocenters. The van der Waals surface area contributed by atoms with Gasteiger partial charge in [-0.15, -0.1) is 0 Å². The Labute approximate surface area is 120 Å². The summed E-state index contributed by atoms with van der Waals surface area (Å²) < 4.78 is 45.2. The van der Waals surface area contributed by atoms with Crippen LogP contribution in [0.25, 0.3) is 0 Å². The van der Waals surface area contributed by atoms with Crippen LogP contribution in [-0.2, 0) is 12.7 Å². The zero-order valence-electron chi connectivity index (χ0n) is 11.7. The summed E-state index contributed by atoms with van der Waals surface area (Å²) in [5, 5.41) is 4.10. The Balaban J connectivity index is 2.27. The first-order chi connectivity index (χ1) is 9.81. The molecule has 114 valence electrons. The zero-order chi connectivity index (χ0) is 15.6. The van der Waals surface area contributed by atoms with Crippen molar-refractivity contribution in [2.24, 2.45) is 5.73 Å². The number of alkyl halides is 3. The summed E-state index contributed by atoms with van der Waals surface area (Å²) in [7, 11) is 0. The third-order valence-electron chi connectivity index (χ3n) is 2.94. The Kier molecular flexibility index (Phi) is 4.22. The SMILES string of the molecule is CC(C)n1cc(Oc2ccc(C(F)(F)F)cc2CN)cn1. The highest BCUT2D eigenvalue weighted by atomic mass is 19.4. The van der Waals surface area contributed by atoms with Crippen LogP contribution in [0.1, 0.15) is 31.0 Å². The summed E-state index contributed by atoms with van der Waals surface area (Å²) in [4.78, 5) is 0. The first-order valence-electron chi connectivity index (χ1n) is 6.43. The van der Waals surface area contributed by atoms with Crippen LogP contribution >= 0.6 is 0 Å². The lowest BCUT2D eigenvalue weighted by atomic mass is 10.1. The molecule has 0 bridgehead atoms. The summed E-state index contributed by atoms with van der Waals surface area (Å²) in [6.45, 7) is 3.87. The number of hydrogen-bond acceptors (Lipinski definition) is 3. The van der Waals surface area contributed by atoms with Crippen LogP contribution in [0.5, 0.6) is 11.5 Å². The minimum absolute atomic E-state index is 0.0441. The van der Waals surface area contributed by atoms with Crippen LogP contribution in [0, 0.1) is 0 Å². The van der Waals surface area contributed by atoms with Gasteiger partial charge in [0.15, 0.2) is 5.75 Å². The number of hydrogen-bond donors (Lipinski definition) is 1. The van der Waals surface area contributed by atoms with Gasteiger partial charge in [-0.25, -0.2) is 0 Å². The van der Waals surface area contributed by atoms with Crippen LogP contribution < -0.4 is 10.5 Å². The zero-order valence-corrected chi connectivity index (χ0v) is 11.7. The molecule has 0 aliphatic carbocycles. The standard InChI is InChI=1S/C14H16F3N3O/c1-9(2)20-8-12(7-19-20)21-13-4-3-11(14(15,16)17)5-10(13)6-18/h3-5,7-9H,6,18H2,1-2H3. The topological polar surface area (TPSA) is 53.1 Å². The Morgan fingerprint density at radius 3 is 2.57 bits per heavy atom. The van der Waals surface area contributed by atoms with Crippen molar-refractivity contribution in [3.05, 3.63) is 41.7 Å². The monoisotopic (exact) mass is 299 g/mol. The van der Waals surface area contributed by atoms with Gasteiger partial charge in [0.1, 0.15) is 5.75 Å². The van der Waals surface area contributed by atoms with Crippen molar-refractivity contribution < 1.29 is 17.9 Å². The van der Waals surface area contributed by atoms with Crippen molar-refractivity contribution in [2.75, 3.05) is 0 Å². The molecule has 1 aromatic heterocycles. The Morgan fingerprint density at radius 1 is 1.33 bits per heavy atom. The van der Waals surface area contributed by atoms with Gasteiger partial charge in [-0.05, 0) is 32.0 Å². The van der Waals surface area contributed by atoms with Crippen LogP contribution in [-0.4, -0.2) is 9.78 Å². The third kappa shape index (κ3) is 3.55. The highest BCUT2D eigenvalue weighted by molar-refractivity contribution is 5.40. The second-order valence-electron chi connectivity index (χ2n) is 4.88. The van der Waals surface area contributed by atoms with E-state index in [4.69, 9.17) is 10.5 Å². The molecule has 2 N–H and O–H groups in total. The minimum Gasteiger partial charge on any atom is -0.454 e. The van der Waals surface area contributed by atoms with Crippen molar-refractivity contribution in [2.45, 2.75) is 32.6 Å². The summed E-state index contributed by atoms with van der Waals surface area (Å²) >= 11 is 0. The normalized spacial score (nSPS) is 12.0. The van der Waals surface area contributed by atoms with Gasteiger partial charge in [-0.1, -0.05) is 0 Å². The van der Waals surface area contributed by atoms with E-state index in [1.807, 2.05) is 13.8 Å². The number of aromatic nitrogens is 2. The number of rotatable bonds is 4. The molecule has 0 radical (unpaired) electrons. The van der Waals surface area contributed by atoms with Gasteiger partial charge in [-0.2, -0.15) is 18.3 Å². The summed E-state index contributed by atoms with van der Waals surface area (Å²) in [6.07, 6.45) is -1.20. The van der Waals surface area contributed by atoms with Crippen molar-refractivity contribution >= 4 is 0 Å². The van der Waals surface area contributed by atoms with E-state index in [0.29, 0.717) is 17.1 Å². The maximum absolute atomic E-state index is 12.7. The minimum atomic E-state index is -4.40. The van der Waals surface area contributed by atoms with Gasteiger partial charge in [0.05, 0.1) is 18.0 Å². The quantitative estimate of drug-likeness (QED) is 0.935. The van der Waals surface area contributed by atoms with Gasteiger partial charge in [-0.3, -0.25) is 4.68 Å². The number of nitrogens with zero attached hydrogens (tertiary/aromatic N) is 2. The van der Waals surface area contributed by atoms with E-state index >= 15 is 0 Å². The molecule has 0 spiro atoms. The first-order valence-corrected chi connectivity index (χ1v) is 6.43. The lowest BCUT2D eigenvalue weighted by molar-refractivity contribution is -0.137. The smallest absolute Gasteiger partial charge is 0.416 e.